The quantitative estimate of drug-likeness (QED) is 0.0422. The molecule has 0 aromatic rings. The Morgan fingerprint density at radius 1 is 0.571 bits per heavy atom. The molecular formula is C36H74ClO4P. The van der Waals surface area contributed by atoms with E-state index in [1.807, 2.05) is 0 Å². The maximum Gasteiger partial charge on any atom is 0.192 e. The molecule has 0 aliphatic carbocycles. The summed E-state index contributed by atoms with van der Waals surface area (Å²) < 4.78 is 24.4. The van der Waals surface area contributed by atoms with Crippen molar-refractivity contribution in [1.29, 1.82) is 0 Å². The van der Waals surface area contributed by atoms with Crippen molar-refractivity contribution in [2.75, 3.05) is 25.3 Å². The van der Waals surface area contributed by atoms with E-state index in [4.69, 9.17) is 20.9 Å². The van der Waals surface area contributed by atoms with Gasteiger partial charge in [0.15, 0.2) is 8.03 Å². The molecule has 4 nitrogen and oxygen atoms in total. The number of rotatable bonds is 36. The van der Waals surface area contributed by atoms with Crippen LogP contribution < -0.4 is 0 Å². The molecule has 0 saturated carbocycles. The van der Waals surface area contributed by atoms with E-state index in [0.717, 1.165) is 25.9 Å². The van der Waals surface area contributed by atoms with Crippen molar-refractivity contribution in [3.8, 4) is 0 Å². The summed E-state index contributed by atoms with van der Waals surface area (Å²) in [6.07, 6.45) is 36.0. The molecule has 0 saturated heterocycles. The van der Waals surface area contributed by atoms with E-state index in [1.54, 1.807) is 0 Å². The second-order valence-corrected chi connectivity index (χ2v) is 14.6. The topological polar surface area (TPSA) is 55.8 Å². The third-order valence-electron chi connectivity index (χ3n) is 8.48. The van der Waals surface area contributed by atoms with Crippen molar-refractivity contribution in [2.45, 2.75) is 206 Å². The fraction of sp³-hybridized carbons (Fsp3) is 1.00. The summed E-state index contributed by atoms with van der Waals surface area (Å²) in [7, 11) is -2.18. The van der Waals surface area contributed by atoms with Gasteiger partial charge in [-0.05, 0) is 19.3 Å². The standard InChI is InChI=1S/C36H74ClO4P/c1-3-5-7-9-11-13-15-17-18-20-22-24-26-28-31-40-34-36(41-42(39)32-30-35(38)33-37)29-27-25-23-21-19-16-14-12-10-8-6-4-2/h35-36,38,42H,3-34H2,1-2H3. The monoisotopic (exact) mass is 637 g/mol. The normalized spacial score (nSPS) is 13.9. The van der Waals surface area contributed by atoms with Gasteiger partial charge in [-0.25, -0.2) is 0 Å². The summed E-state index contributed by atoms with van der Waals surface area (Å²) in [6, 6.07) is 0. The van der Waals surface area contributed by atoms with Crippen molar-refractivity contribution < 1.29 is 18.9 Å². The zero-order chi connectivity index (χ0) is 30.8. The van der Waals surface area contributed by atoms with Crippen LogP contribution in [-0.2, 0) is 13.8 Å². The molecular weight excluding hydrogens is 563 g/mol. The molecule has 0 aromatic carbocycles. The van der Waals surface area contributed by atoms with Crippen LogP contribution in [0.5, 0.6) is 0 Å². The van der Waals surface area contributed by atoms with E-state index in [1.165, 1.54) is 154 Å². The summed E-state index contributed by atoms with van der Waals surface area (Å²) >= 11 is 5.68. The van der Waals surface area contributed by atoms with Gasteiger partial charge in [0.2, 0.25) is 0 Å². The fourth-order valence-electron chi connectivity index (χ4n) is 5.61. The third kappa shape index (κ3) is 33.3. The molecule has 0 rings (SSSR count). The summed E-state index contributed by atoms with van der Waals surface area (Å²) in [5.74, 6) is 0.180. The van der Waals surface area contributed by atoms with Crippen LogP contribution in [0.2, 0.25) is 0 Å². The van der Waals surface area contributed by atoms with Crippen LogP contribution in [0.15, 0.2) is 0 Å². The highest BCUT2D eigenvalue weighted by Gasteiger charge is 2.15. The molecule has 42 heavy (non-hydrogen) atoms. The number of hydrogen-bond acceptors (Lipinski definition) is 4. The first-order valence-electron chi connectivity index (χ1n) is 18.6. The minimum atomic E-state index is -2.18. The predicted molar refractivity (Wildman–Crippen MR) is 187 cm³/mol. The maximum atomic E-state index is 12.5. The molecule has 0 fully saturated rings. The Morgan fingerprint density at radius 3 is 1.36 bits per heavy atom. The minimum absolute atomic E-state index is 0.0979. The Hall–Kier alpha value is 0.400. The zero-order valence-corrected chi connectivity index (χ0v) is 30.1. The molecule has 3 unspecified atom stereocenters. The number of unbranched alkanes of at least 4 members (excludes halogenated alkanes) is 24. The Morgan fingerprint density at radius 2 is 0.952 bits per heavy atom. The smallest absolute Gasteiger partial charge is 0.192 e. The van der Waals surface area contributed by atoms with Crippen LogP contribution in [0.3, 0.4) is 0 Å². The van der Waals surface area contributed by atoms with E-state index < -0.39 is 14.1 Å². The highest BCUT2D eigenvalue weighted by molar-refractivity contribution is 7.39. The number of ether oxygens (including phenoxy) is 1. The first-order chi connectivity index (χ1) is 20.6. The van der Waals surface area contributed by atoms with Crippen molar-refractivity contribution >= 4 is 19.6 Å². The van der Waals surface area contributed by atoms with Gasteiger partial charge in [-0.2, -0.15) is 0 Å². The number of aliphatic hydroxyl groups is 1. The maximum absolute atomic E-state index is 12.5. The molecule has 1 N–H and O–H groups in total. The SMILES string of the molecule is CCCCCCCCCCCCCCCCOCC(CCCCCCCCCCCCCC)O[PH](=O)CCC(O)CCl. The molecule has 0 radical (unpaired) electrons. The average Bonchev–Trinajstić information content (AvgIpc) is 2.99. The van der Waals surface area contributed by atoms with Crippen LogP contribution in [0.4, 0.5) is 0 Å². The average molecular weight is 637 g/mol. The Kier molecular flexibility index (Phi) is 36.2. The van der Waals surface area contributed by atoms with Crippen LogP contribution in [-0.4, -0.2) is 42.6 Å². The molecule has 6 heteroatoms. The lowest BCUT2D eigenvalue weighted by atomic mass is 10.0. The van der Waals surface area contributed by atoms with Gasteiger partial charge in [-0.1, -0.05) is 174 Å². The lowest BCUT2D eigenvalue weighted by Crippen LogP contribution is -2.18. The van der Waals surface area contributed by atoms with Crippen LogP contribution in [0, 0.1) is 0 Å². The summed E-state index contributed by atoms with van der Waals surface area (Å²) in [5.41, 5.74) is 0. The first-order valence-corrected chi connectivity index (χ1v) is 20.7. The highest BCUT2D eigenvalue weighted by Crippen LogP contribution is 2.28. The van der Waals surface area contributed by atoms with Gasteiger partial charge in [0.05, 0.1) is 18.8 Å². The minimum Gasteiger partial charge on any atom is -0.392 e. The molecule has 0 aliphatic heterocycles. The molecule has 0 aromatic heterocycles. The number of halogens is 1. The van der Waals surface area contributed by atoms with Gasteiger partial charge >= 0.3 is 0 Å². The Bertz CT molecular complexity index is 537. The highest BCUT2D eigenvalue weighted by atomic mass is 35.5. The Labute approximate surface area is 269 Å². The third-order valence-corrected chi connectivity index (χ3v) is 10.1. The number of alkyl halides is 1. The van der Waals surface area contributed by atoms with Gasteiger partial charge in [0.1, 0.15) is 0 Å². The summed E-state index contributed by atoms with van der Waals surface area (Å²) in [6.45, 7) is 5.86. The summed E-state index contributed by atoms with van der Waals surface area (Å²) in [5, 5.41) is 9.69. The first kappa shape index (κ1) is 42.4. The van der Waals surface area contributed by atoms with Crippen molar-refractivity contribution in [2.24, 2.45) is 0 Å². The molecule has 0 amide bonds. The Balaban J connectivity index is 3.89. The van der Waals surface area contributed by atoms with E-state index in [2.05, 4.69) is 13.8 Å². The molecule has 0 bridgehead atoms. The van der Waals surface area contributed by atoms with Crippen LogP contribution in [0.25, 0.3) is 0 Å². The van der Waals surface area contributed by atoms with E-state index in [-0.39, 0.29) is 12.0 Å². The fourth-order valence-corrected chi connectivity index (χ4v) is 7.01. The lowest BCUT2D eigenvalue weighted by molar-refractivity contribution is 0.0466. The molecule has 3 atom stereocenters. The second-order valence-electron chi connectivity index (χ2n) is 12.8. The van der Waals surface area contributed by atoms with Gasteiger partial charge in [0, 0.05) is 18.6 Å². The molecule has 0 aliphatic rings. The van der Waals surface area contributed by atoms with Gasteiger partial charge in [-0.3, -0.25) is 4.57 Å². The van der Waals surface area contributed by atoms with Crippen molar-refractivity contribution in [3.05, 3.63) is 0 Å². The largest absolute Gasteiger partial charge is 0.392 e. The second kappa shape index (κ2) is 35.9. The molecule has 254 valence electrons. The lowest BCUT2D eigenvalue weighted by Gasteiger charge is -2.18. The van der Waals surface area contributed by atoms with Crippen LogP contribution >= 0.6 is 19.6 Å². The number of aliphatic hydroxyl groups excluding tert-OH is 1. The van der Waals surface area contributed by atoms with Gasteiger partial charge < -0.3 is 14.4 Å². The predicted octanol–water partition coefficient (Wildman–Crippen LogP) is 12.4. The van der Waals surface area contributed by atoms with Crippen molar-refractivity contribution in [3.63, 3.8) is 0 Å². The van der Waals surface area contributed by atoms with E-state index in [0.29, 0.717) is 19.2 Å². The molecule has 0 heterocycles. The summed E-state index contributed by atoms with van der Waals surface area (Å²) in [4.78, 5) is 0. The van der Waals surface area contributed by atoms with Crippen molar-refractivity contribution in [1.82, 2.24) is 0 Å². The zero-order valence-electron chi connectivity index (χ0n) is 28.3. The van der Waals surface area contributed by atoms with Crippen LogP contribution in [0.1, 0.15) is 194 Å². The number of hydrogen-bond donors (Lipinski definition) is 1. The van der Waals surface area contributed by atoms with Gasteiger partial charge in [0.25, 0.3) is 0 Å². The van der Waals surface area contributed by atoms with Gasteiger partial charge in [-0.15, -0.1) is 11.6 Å². The molecule has 0 spiro atoms. The van der Waals surface area contributed by atoms with E-state index in [9.17, 15) is 9.67 Å². The van der Waals surface area contributed by atoms with E-state index >= 15 is 0 Å².